The molecule has 6 rings (SSSR count). The smallest absolute Gasteiger partial charge is 0.310 e. The molecular formula is C30H28N2O4. The molecule has 0 aromatic heterocycles. The zero-order valence-corrected chi connectivity index (χ0v) is 19.9. The van der Waals surface area contributed by atoms with Crippen molar-refractivity contribution in [3.63, 3.8) is 0 Å². The Bertz CT molecular complexity index is 1250. The molecule has 3 aromatic carbocycles. The third kappa shape index (κ3) is 4.17. The highest BCUT2D eigenvalue weighted by Crippen LogP contribution is 2.57. The van der Waals surface area contributed by atoms with Gasteiger partial charge in [-0.25, -0.2) is 0 Å². The second-order valence-electron chi connectivity index (χ2n) is 10.1. The van der Waals surface area contributed by atoms with Crippen LogP contribution in [0.3, 0.4) is 0 Å². The van der Waals surface area contributed by atoms with Gasteiger partial charge in [-0.1, -0.05) is 66.7 Å². The third-order valence-electron chi connectivity index (χ3n) is 7.88. The van der Waals surface area contributed by atoms with Crippen molar-refractivity contribution >= 4 is 23.5 Å². The summed E-state index contributed by atoms with van der Waals surface area (Å²) in [6.07, 6.45) is 1.65. The zero-order chi connectivity index (χ0) is 24.6. The van der Waals surface area contributed by atoms with Crippen molar-refractivity contribution < 1.29 is 19.1 Å². The van der Waals surface area contributed by atoms with E-state index < -0.39 is 0 Å². The number of carbonyl (C=O) groups is 3. The average Bonchev–Trinajstić information content (AvgIpc) is 3.53. The number of ether oxygens (including phenoxy) is 1. The van der Waals surface area contributed by atoms with Crippen LogP contribution in [0.5, 0.6) is 0 Å². The molecule has 6 heteroatoms. The van der Waals surface area contributed by atoms with Crippen LogP contribution in [-0.2, 0) is 27.4 Å². The Morgan fingerprint density at radius 2 is 1.53 bits per heavy atom. The number of rotatable bonds is 7. The fourth-order valence-electron chi connectivity index (χ4n) is 6.31. The first kappa shape index (κ1) is 22.5. The Balaban J connectivity index is 1.21. The standard InChI is InChI=1S/C30H28N2O4/c33-28(26-22-15-24-25(16-22)36-30(35)27(24)26)31-23-13-7-12-21(14-23)29(34)32(17-19-8-3-1-4-9-19)18-20-10-5-2-6-11-20/h1-14,22,24-27H,15-18H2,(H,31,33)/t22-,24+,25-,26+,27-/m0/s1. The molecule has 0 spiro atoms. The molecule has 0 radical (unpaired) electrons. The Hall–Kier alpha value is -3.93. The molecule has 0 unspecified atom stereocenters. The lowest BCUT2D eigenvalue weighted by Gasteiger charge is -2.24. The van der Waals surface area contributed by atoms with Crippen LogP contribution in [0.2, 0.25) is 0 Å². The van der Waals surface area contributed by atoms with E-state index in [2.05, 4.69) is 5.32 Å². The molecule has 2 saturated carbocycles. The summed E-state index contributed by atoms with van der Waals surface area (Å²) in [6.45, 7) is 0.947. The first-order valence-electron chi connectivity index (χ1n) is 12.6. The average molecular weight is 481 g/mol. The maximum atomic E-state index is 13.7. The predicted molar refractivity (Wildman–Crippen MR) is 135 cm³/mol. The fourth-order valence-corrected chi connectivity index (χ4v) is 6.31. The van der Waals surface area contributed by atoms with Gasteiger partial charge in [-0.15, -0.1) is 0 Å². The molecule has 5 atom stereocenters. The molecule has 1 heterocycles. The highest BCUT2D eigenvalue weighted by molar-refractivity contribution is 5.99. The molecule has 1 aliphatic heterocycles. The van der Waals surface area contributed by atoms with E-state index in [0.717, 1.165) is 24.0 Å². The number of benzene rings is 3. The number of amides is 2. The third-order valence-corrected chi connectivity index (χ3v) is 7.88. The first-order valence-corrected chi connectivity index (χ1v) is 12.6. The van der Waals surface area contributed by atoms with Gasteiger partial charge in [0.15, 0.2) is 0 Å². The number of nitrogens with zero attached hydrogens (tertiary/aromatic N) is 1. The van der Waals surface area contributed by atoms with Gasteiger partial charge in [0.05, 0.1) is 11.8 Å². The van der Waals surface area contributed by atoms with Gasteiger partial charge in [-0.05, 0) is 48.1 Å². The number of hydrogen-bond acceptors (Lipinski definition) is 4. The van der Waals surface area contributed by atoms with Crippen LogP contribution < -0.4 is 5.32 Å². The number of fused-ring (bicyclic) bond motifs is 1. The molecule has 3 aromatic rings. The Morgan fingerprint density at radius 1 is 0.861 bits per heavy atom. The number of anilines is 1. The van der Waals surface area contributed by atoms with Gasteiger partial charge in [0, 0.05) is 30.3 Å². The van der Waals surface area contributed by atoms with Gasteiger partial charge in [0.2, 0.25) is 5.91 Å². The Kier molecular flexibility index (Phi) is 5.80. The minimum atomic E-state index is -0.353. The first-order chi connectivity index (χ1) is 17.6. The summed E-state index contributed by atoms with van der Waals surface area (Å²) in [5, 5.41) is 2.99. The second kappa shape index (κ2) is 9.26. The van der Waals surface area contributed by atoms with Crippen molar-refractivity contribution in [1.29, 1.82) is 0 Å². The highest BCUT2D eigenvalue weighted by atomic mass is 16.6. The van der Waals surface area contributed by atoms with E-state index in [1.807, 2.05) is 65.6 Å². The summed E-state index contributed by atoms with van der Waals surface area (Å²) < 4.78 is 5.48. The van der Waals surface area contributed by atoms with Crippen LogP contribution in [0.1, 0.15) is 34.3 Å². The van der Waals surface area contributed by atoms with Crippen LogP contribution in [0.15, 0.2) is 84.9 Å². The number of esters is 1. The molecule has 2 bridgehead atoms. The fraction of sp³-hybridized carbons (Fsp3) is 0.300. The van der Waals surface area contributed by atoms with Crippen molar-refractivity contribution in [3.8, 4) is 0 Å². The zero-order valence-electron chi connectivity index (χ0n) is 19.9. The molecule has 2 aliphatic carbocycles. The highest BCUT2D eigenvalue weighted by Gasteiger charge is 2.63. The van der Waals surface area contributed by atoms with Crippen molar-refractivity contribution in [2.75, 3.05) is 5.32 Å². The molecular weight excluding hydrogens is 452 g/mol. The summed E-state index contributed by atoms with van der Waals surface area (Å²) >= 11 is 0. The number of nitrogens with one attached hydrogen (secondary N) is 1. The van der Waals surface area contributed by atoms with E-state index in [4.69, 9.17) is 4.74 Å². The summed E-state index contributed by atoms with van der Waals surface area (Å²) in [5.74, 6) is -0.810. The minimum Gasteiger partial charge on any atom is -0.462 e. The van der Waals surface area contributed by atoms with Gasteiger partial charge in [0.25, 0.3) is 5.91 Å². The molecule has 6 nitrogen and oxygen atoms in total. The normalized spacial score (nSPS) is 25.4. The molecule has 1 N–H and O–H groups in total. The van der Waals surface area contributed by atoms with Crippen molar-refractivity contribution in [1.82, 2.24) is 4.90 Å². The topological polar surface area (TPSA) is 75.7 Å². The Morgan fingerprint density at radius 3 is 2.19 bits per heavy atom. The van der Waals surface area contributed by atoms with E-state index in [1.54, 1.807) is 24.3 Å². The quantitative estimate of drug-likeness (QED) is 0.499. The van der Waals surface area contributed by atoms with Crippen LogP contribution in [0.4, 0.5) is 5.69 Å². The van der Waals surface area contributed by atoms with E-state index in [0.29, 0.717) is 24.3 Å². The molecule has 3 fully saturated rings. The van der Waals surface area contributed by atoms with Crippen molar-refractivity contribution in [3.05, 3.63) is 102 Å². The van der Waals surface area contributed by atoms with E-state index in [1.165, 1.54) is 0 Å². The van der Waals surface area contributed by atoms with Crippen LogP contribution in [-0.4, -0.2) is 28.8 Å². The van der Waals surface area contributed by atoms with Gasteiger partial charge in [-0.3, -0.25) is 14.4 Å². The summed E-state index contributed by atoms with van der Waals surface area (Å²) in [5.41, 5.74) is 3.16. The van der Waals surface area contributed by atoms with E-state index >= 15 is 0 Å². The molecule has 3 aliphatic rings. The van der Waals surface area contributed by atoms with Crippen LogP contribution in [0.25, 0.3) is 0 Å². The SMILES string of the molecule is O=C(Nc1cccc(C(=O)N(Cc2ccccc2)Cc2ccccc2)c1)[C@@H]1[C@H]2C[C@H]3[C@@H]1C(=O)O[C@H]3C2. The maximum Gasteiger partial charge on any atom is 0.310 e. The molecule has 2 amide bonds. The summed E-state index contributed by atoms with van der Waals surface area (Å²) in [4.78, 5) is 41.0. The molecule has 36 heavy (non-hydrogen) atoms. The lowest BCUT2D eigenvalue weighted by Crippen LogP contribution is -2.36. The number of hydrogen-bond donors (Lipinski definition) is 1. The minimum absolute atomic E-state index is 0.00212. The van der Waals surface area contributed by atoms with Crippen LogP contribution in [0, 0.1) is 23.7 Å². The predicted octanol–water partition coefficient (Wildman–Crippen LogP) is 4.67. The van der Waals surface area contributed by atoms with E-state index in [9.17, 15) is 14.4 Å². The second-order valence-corrected chi connectivity index (χ2v) is 10.1. The summed E-state index contributed by atoms with van der Waals surface area (Å²) in [7, 11) is 0. The summed E-state index contributed by atoms with van der Waals surface area (Å²) in [6, 6.07) is 26.9. The largest absolute Gasteiger partial charge is 0.462 e. The van der Waals surface area contributed by atoms with Gasteiger partial charge in [-0.2, -0.15) is 0 Å². The van der Waals surface area contributed by atoms with Crippen molar-refractivity contribution in [2.24, 2.45) is 23.7 Å². The van der Waals surface area contributed by atoms with Crippen LogP contribution >= 0.6 is 0 Å². The Labute approximate surface area is 210 Å². The van der Waals surface area contributed by atoms with Gasteiger partial charge >= 0.3 is 5.97 Å². The molecule has 1 saturated heterocycles. The monoisotopic (exact) mass is 480 g/mol. The maximum absolute atomic E-state index is 13.7. The number of carbonyl (C=O) groups excluding carboxylic acids is 3. The lowest BCUT2D eigenvalue weighted by molar-refractivity contribution is -0.145. The van der Waals surface area contributed by atoms with E-state index in [-0.39, 0.29) is 47.6 Å². The van der Waals surface area contributed by atoms with Gasteiger partial charge < -0.3 is 15.0 Å². The van der Waals surface area contributed by atoms with Crippen molar-refractivity contribution in [2.45, 2.75) is 32.0 Å². The lowest BCUT2D eigenvalue weighted by atomic mass is 9.79. The van der Waals surface area contributed by atoms with Gasteiger partial charge in [0.1, 0.15) is 6.10 Å². The molecule has 182 valence electrons.